The Labute approximate surface area is 158 Å². The van der Waals surface area contributed by atoms with Gasteiger partial charge in [-0.15, -0.1) is 0 Å². The minimum atomic E-state index is -0.208. The van der Waals surface area contributed by atoms with Gasteiger partial charge in [0.25, 0.3) is 0 Å². The second-order valence-corrected chi connectivity index (χ2v) is 7.75. The van der Waals surface area contributed by atoms with E-state index in [1.165, 1.54) is 16.7 Å². The van der Waals surface area contributed by atoms with Gasteiger partial charge < -0.3 is 5.32 Å². The molecule has 0 aliphatic rings. The lowest BCUT2D eigenvalue weighted by atomic mass is 10.0. The molecule has 1 atom stereocenters. The van der Waals surface area contributed by atoms with Crippen molar-refractivity contribution in [3.05, 3.63) is 64.2 Å². The quantitative estimate of drug-likeness (QED) is 0.775. The molecule has 0 unspecified atom stereocenters. The van der Waals surface area contributed by atoms with Crippen LogP contribution in [0.5, 0.6) is 0 Å². The van der Waals surface area contributed by atoms with Crippen LogP contribution in [0.1, 0.15) is 54.5 Å². The highest BCUT2D eigenvalue weighted by molar-refractivity contribution is 5.95. The third-order valence-electron chi connectivity index (χ3n) is 5.04. The largest absolute Gasteiger partial charge is 0.324 e. The number of amides is 1. The lowest BCUT2D eigenvalue weighted by molar-refractivity contribution is -0.120. The van der Waals surface area contributed by atoms with Crippen molar-refractivity contribution in [2.75, 3.05) is 12.4 Å². The smallest absolute Gasteiger partial charge is 0.241 e. The second kappa shape index (κ2) is 8.50. The van der Waals surface area contributed by atoms with E-state index in [-0.39, 0.29) is 11.9 Å². The Kier molecular flexibility index (Phi) is 6.60. The van der Waals surface area contributed by atoms with E-state index in [0.29, 0.717) is 5.92 Å². The van der Waals surface area contributed by atoms with Crippen LogP contribution in [0, 0.1) is 20.8 Å². The molecule has 0 fully saturated rings. The zero-order valence-corrected chi connectivity index (χ0v) is 17.2. The number of aryl methyl sites for hydroxylation is 3. The number of likely N-dealkylation sites (N-methyl/N-ethyl adjacent to an activating group) is 1. The highest BCUT2D eigenvalue weighted by Crippen LogP contribution is 2.22. The van der Waals surface area contributed by atoms with Gasteiger partial charge in [-0.1, -0.05) is 55.8 Å². The lowest BCUT2D eigenvalue weighted by Crippen LogP contribution is -2.39. The van der Waals surface area contributed by atoms with Crippen molar-refractivity contribution in [3.8, 4) is 0 Å². The molecule has 0 saturated heterocycles. The summed E-state index contributed by atoms with van der Waals surface area (Å²) in [4.78, 5) is 14.8. The van der Waals surface area contributed by atoms with Crippen LogP contribution in [0.3, 0.4) is 0 Å². The molecular weight excluding hydrogens is 320 g/mol. The zero-order chi connectivity index (χ0) is 19.4. The Bertz CT molecular complexity index is 739. The first-order valence-electron chi connectivity index (χ1n) is 9.36. The van der Waals surface area contributed by atoms with Crippen molar-refractivity contribution in [2.24, 2.45) is 0 Å². The maximum Gasteiger partial charge on any atom is 0.241 e. The van der Waals surface area contributed by atoms with Crippen LogP contribution in [0.15, 0.2) is 36.4 Å². The first kappa shape index (κ1) is 20.2. The maximum atomic E-state index is 12.7. The summed E-state index contributed by atoms with van der Waals surface area (Å²) < 4.78 is 0. The fourth-order valence-corrected chi connectivity index (χ4v) is 3.24. The molecule has 0 aromatic heterocycles. The molecule has 2 rings (SSSR count). The van der Waals surface area contributed by atoms with Gasteiger partial charge >= 0.3 is 0 Å². The molecule has 2 aromatic carbocycles. The minimum absolute atomic E-state index is 0.0290. The van der Waals surface area contributed by atoms with E-state index in [2.05, 4.69) is 67.4 Å². The summed E-state index contributed by atoms with van der Waals surface area (Å²) >= 11 is 0. The van der Waals surface area contributed by atoms with E-state index in [0.717, 1.165) is 23.4 Å². The van der Waals surface area contributed by atoms with Gasteiger partial charge in [-0.05, 0) is 62.9 Å². The van der Waals surface area contributed by atoms with Gasteiger partial charge in [0.2, 0.25) is 5.91 Å². The number of nitrogens with one attached hydrogen (secondary N) is 1. The van der Waals surface area contributed by atoms with Gasteiger partial charge in [0.15, 0.2) is 0 Å². The van der Waals surface area contributed by atoms with Crippen LogP contribution in [-0.2, 0) is 11.3 Å². The van der Waals surface area contributed by atoms with Crippen LogP contribution >= 0.6 is 0 Å². The number of carbonyl (C=O) groups excluding carboxylic acids is 1. The first-order chi connectivity index (χ1) is 12.2. The Morgan fingerprint density at radius 1 is 1.00 bits per heavy atom. The Hall–Kier alpha value is -2.13. The number of anilines is 1. The molecule has 0 radical (unpaired) electrons. The molecule has 3 nitrogen and oxygen atoms in total. The molecule has 1 amide bonds. The molecule has 3 heteroatoms. The summed E-state index contributed by atoms with van der Waals surface area (Å²) in [6.07, 6.45) is 0. The molecule has 0 saturated carbocycles. The first-order valence-corrected chi connectivity index (χ1v) is 9.36. The molecule has 2 aromatic rings. The Morgan fingerprint density at radius 3 is 2.04 bits per heavy atom. The zero-order valence-electron chi connectivity index (χ0n) is 17.2. The van der Waals surface area contributed by atoms with E-state index in [4.69, 9.17) is 0 Å². The number of hydrogen-bond acceptors (Lipinski definition) is 2. The maximum absolute atomic E-state index is 12.7. The second-order valence-electron chi connectivity index (χ2n) is 7.75. The van der Waals surface area contributed by atoms with Crippen LogP contribution in [0.25, 0.3) is 0 Å². The summed E-state index contributed by atoms with van der Waals surface area (Å²) in [6.45, 7) is 13.3. The fraction of sp³-hybridized carbons (Fsp3) is 0.435. The van der Waals surface area contributed by atoms with E-state index in [1.54, 1.807) is 0 Å². The summed E-state index contributed by atoms with van der Waals surface area (Å²) in [5.74, 6) is 0.564. The van der Waals surface area contributed by atoms with E-state index < -0.39 is 0 Å². The number of rotatable bonds is 6. The van der Waals surface area contributed by atoms with Gasteiger partial charge in [0.1, 0.15) is 0 Å². The normalized spacial score (nSPS) is 12.5. The van der Waals surface area contributed by atoms with Crippen molar-refractivity contribution >= 4 is 11.6 Å². The van der Waals surface area contributed by atoms with Crippen molar-refractivity contribution in [2.45, 2.75) is 60.0 Å². The molecule has 0 bridgehead atoms. The SMILES string of the molecule is Cc1cc(C)c(NC(=O)[C@@H](C)N(C)Cc2ccc(C(C)C)cc2)c(C)c1. The monoisotopic (exact) mass is 352 g/mol. The van der Waals surface area contributed by atoms with Crippen LogP contribution < -0.4 is 5.32 Å². The van der Waals surface area contributed by atoms with Gasteiger partial charge in [-0.3, -0.25) is 9.69 Å². The Morgan fingerprint density at radius 2 is 1.54 bits per heavy atom. The standard InChI is InChI=1S/C23H32N2O/c1-15(2)21-10-8-20(9-11-21)14-25(7)19(6)23(26)24-22-17(4)12-16(3)13-18(22)5/h8-13,15,19H,14H2,1-7H3,(H,24,26)/t19-/m1/s1. The fourth-order valence-electron chi connectivity index (χ4n) is 3.24. The number of carbonyl (C=O) groups is 1. The number of benzene rings is 2. The number of hydrogen-bond donors (Lipinski definition) is 1. The molecule has 0 aliphatic heterocycles. The predicted octanol–water partition coefficient (Wildman–Crippen LogP) is 5.19. The third-order valence-corrected chi connectivity index (χ3v) is 5.04. The Balaban J connectivity index is 2.03. The van der Waals surface area contributed by atoms with Crippen molar-refractivity contribution in [1.29, 1.82) is 0 Å². The summed E-state index contributed by atoms with van der Waals surface area (Å²) in [5, 5.41) is 3.12. The average molecular weight is 353 g/mol. The molecule has 140 valence electrons. The summed E-state index contributed by atoms with van der Waals surface area (Å²) in [7, 11) is 2.00. The predicted molar refractivity (Wildman–Crippen MR) is 111 cm³/mol. The van der Waals surface area contributed by atoms with Crippen LogP contribution in [-0.4, -0.2) is 23.9 Å². The van der Waals surface area contributed by atoms with E-state index >= 15 is 0 Å². The van der Waals surface area contributed by atoms with Gasteiger partial charge in [0, 0.05) is 12.2 Å². The summed E-state index contributed by atoms with van der Waals surface area (Å²) in [6, 6.07) is 12.7. The molecule has 1 N–H and O–H groups in total. The van der Waals surface area contributed by atoms with Crippen molar-refractivity contribution < 1.29 is 4.79 Å². The minimum Gasteiger partial charge on any atom is -0.324 e. The molecule has 26 heavy (non-hydrogen) atoms. The topological polar surface area (TPSA) is 32.3 Å². The van der Waals surface area contributed by atoms with Crippen molar-refractivity contribution in [3.63, 3.8) is 0 Å². The molecule has 0 heterocycles. The van der Waals surface area contributed by atoms with Gasteiger partial charge in [-0.2, -0.15) is 0 Å². The van der Waals surface area contributed by atoms with Crippen LogP contribution in [0.4, 0.5) is 5.69 Å². The van der Waals surface area contributed by atoms with E-state index in [1.807, 2.05) is 27.8 Å². The van der Waals surface area contributed by atoms with Gasteiger partial charge in [0.05, 0.1) is 6.04 Å². The van der Waals surface area contributed by atoms with Crippen molar-refractivity contribution in [1.82, 2.24) is 4.90 Å². The van der Waals surface area contributed by atoms with Crippen LogP contribution in [0.2, 0.25) is 0 Å². The summed E-state index contributed by atoms with van der Waals surface area (Å²) in [5.41, 5.74) is 6.92. The van der Waals surface area contributed by atoms with Gasteiger partial charge in [-0.25, -0.2) is 0 Å². The molecule has 0 spiro atoms. The average Bonchev–Trinajstić information content (AvgIpc) is 2.57. The highest BCUT2D eigenvalue weighted by Gasteiger charge is 2.19. The third kappa shape index (κ3) is 4.95. The van der Waals surface area contributed by atoms with E-state index in [9.17, 15) is 4.79 Å². The molecule has 0 aliphatic carbocycles. The lowest BCUT2D eigenvalue weighted by Gasteiger charge is -2.25. The molecular formula is C23H32N2O. The number of nitrogens with zero attached hydrogens (tertiary/aromatic N) is 1. The highest BCUT2D eigenvalue weighted by atomic mass is 16.2.